The molecule has 3 rings (SSSR count). The lowest BCUT2D eigenvalue weighted by molar-refractivity contribution is 0.210. The van der Waals surface area contributed by atoms with Gasteiger partial charge in [0.05, 0.1) is 13.7 Å². The van der Waals surface area contributed by atoms with Gasteiger partial charge in [-0.2, -0.15) is 0 Å². The third-order valence-electron chi connectivity index (χ3n) is 3.92. The average molecular weight is 299 g/mol. The predicted molar refractivity (Wildman–Crippen MR) is 85.7 cm³/mol. The molecule has 0 N–H and O–H groups in total. The molecule has 116 valence electrons. The maximum absolute atomic E-state index is 5.93. The van der Waals surface area contributed by atoms with Crippen LogP contribution in [0.15, 0.2) is 30.6 Å². The fraction of sp³-hybridized carbons (Fsp3) is 0.412. The zero-order valence-electron chi connectivity index (χ0n) is 13.2. The molecule has 0 radical (unpaired) electrons. The van der Waals surface area contributed by atoms with Crippen molar-refractivity contribution in [3.63, 3.8) is 0 Å². The van der Waals surface area contributed by atoms with Gasteiger partial charge in [-0.15, -0.1) is 0 Å². The van der Waals surface area contributed by atoms with Gasteiger partial charge in [-0.25, -0.2) is 9.97 Å². The van der Waals surface area contributed by atoms with E-state index in [-0.39, 0.29) is 0 Å². The predicted octanol–water partition coefficient (Wildman–Crippen LogP) is 2.34. The van der Waals surface area contributed by atoms with E-state index in [1.54, 1.807) is 13.4 Å². The van der Waals surface area contributed by atoms with Gasteiger partial charge in [0.1, 0.15) is 12.1 Å². The van der Waals surface area contributed by atoms with E-state index in [0.29, 0.717) is 12.5 Å². The molecular formula is C17H21N3O2. The molecule has 0 fully saturated rings. The molecule has 1 atom stereocenters. The van der Waals surface area contributed by atoms with E-state index in [1.807, 2.05) is 37.2 Å². The van der Waals surface area contributed by atoms with E-state index in [4.69, 9.17) is 9.47 Å². The Morgan fingerprint density at radius 2 is 2.18 bits per heavy atom. The van der Waals surface area contributed by atoms with Gasteiger partial charge in [0, 0.05) is 31.8 Å². The number of hydrogen-bond donors (Lipinski definition) is 0. The second-order valence-electron chi connectivity index (χ2n) is 5.80. The third kappa shape index (κ3) is 2.98. The smallest absolute Gasteiger partial charge is 0.164 e. The molecule has 1 aliphatic rings. The highest BCUT2D eigenvalue weighted by molar-refractivity contribution is 5.48. The van der Waals surface area contributed by atoms with Crippen LogP contribution in [0.5, 0.6) is 11.5 Å². The Labute approximate surface area is 130 Å². The van der Waals surface area contributed by atoms with Crippen LogP contribution in [0.4, 0.5) is 5.82 Å². The Hall–Kier alpha value is -2.30. The van der Waals surface area contributed by atoms with Crippen LogP contribution in [0.1, 0.15) is 11.3 Å². The first kappa shape index (κ1) is 14.6. The molecule has 2 heterocycles. The van der Waals surface area contributed by atoms with Crippen LogP contribution in [0.3, 0.4) is 0 Å². The molecule has 1 aliphatic heterocycles. The quantitative estimate of drug-likeness (QED) is 0.867. The molecule has 5 heteroatoms. The first-order chi connectivity index (χ1) is 10.7. The van der Waals surface area contributed by atoms with Crippen LogP contribution in [0, 0.1) is 5.92 Å². The number of hydrogen-bond acceptors (Lipinski definition) is 5. The van der Waals surface area contributed by atoms with Gasteiger partial charge >= 0.3 is 0 Å². The number of nitrogens with zero attached hydrogens (tertiary/aromatic N) is 3. The van der Waals surface area contributed by atoms with Gasteiger partial charge < -0.3 is 14.4 Å². The summed E-state index contributed by atoms with van der Waals surface area (Å²) in [4.78, 5) is 10.6. The SMILES string of the molecule is COc1cccc2c1OCC(Cc1cc(N(C)C)ncn1)C2. The molecule has 1 unspecified atom stereocenters. The topological polar surface area (TPSA) is 47.5 Å². The summed E-state index contributed by atoms with van der Waals surface area (Å²) in [5.74, 6) is 3.05. The number of methoxy groups -OCH3 is 1. The highest BCUT2D eigenvalue weighted by atomic mass is 16.5. The van der Waals surface area contributed by atoms with Crippen molar-refractivity contribution < 1.29 is 9.47 Å². The van der Waals surface area contributed by atoms with Gasteiger partial charge in [-0.3, -0.25) is 0 Å². The molecule has 0 saturated heterocycles. The van der Waals surface area contributed by atoms with Crippen molar-refractivity contribution in [3.8, 4) is 11.5 Å². The third-order valence-corrected chi connectivity index (χ3v) is 3.92. The van der Waals surface area contributed by atoms with Crippen LogP contribution < -0.4 is 14.4 Å². The molecule has 5 nitrogen and oxygen atoms in total. The fourth-order valence-corrected chi connectivity index (χ4v) is 2.79. The van der Waals surface area contributed by atoms with Gasteiger partial charge in [0.2, 0.25) is 0 Å². The number of ether oxygens (including phenoxy) is 2. The summed E-state index contributed by atoms with van der Waals surface area (Å²) in [6.07, 6.45) is 3.50. The van der Waals surface area contributed by atoms with Gasteiger partial charge in [0.15, 0.2) is 11.5 Å². The minimum absolute atomic E-state index is 0.421. The number of para-hydroxylation sites is 1. The Morgan fingerprint density at radius 1 is 1.32 bits per heavy atom. The molecule has 0 aliphatic carbocycles. The highest BCUT2D eigenvalue weighted by Crippen LogP contribution is 2.36. The van der Waals surface area contributed by atoms with Gasteiger partial charge in [-0.1, -0.05) is 12.1 Å². The molecule has 0 saturated carbocycles. The summed E-state index contributed by atoms with van der Waals surface area (Å²) in [7, 11) is 5.64. The van der Waals surface area contributed by atoms with Crippen molar-refractivity contribution >= 4 is 5.82 Å². The summed E-state index contributed by atoms with van der Waals surface area (Å²) in [6, 6.07) is 8.10. The molecule has 1 aromatic heterocycles. The molecule has 1 aromatic carbocycles. The number of rotatable bonds is 4. The number of fused-ring (bicyclic) bond motifs is 1. The van der Waals surface area contributed by atoms with Crippen LogP contribution in [0.25, 0.3) is 0 Å². The lowest BCUT2D eigenvalue weighted by Gasteiger charge is -2.26. The van der Waals surface area contributed by atoms with Crippen molar-refractivity contribution in [2.75, 3.05) is 32.7 Å². The minimum Gasteiger partial charge on any atom is -0.493 e. The zero-order valence-corrected chi connectivity index (χ0v) is 13.2. The number of benzene rings is 1. The normalized spacial score (nSPS) is 16.6. The largest absolute Gasteiger partial charge is 0.493 e. The lowest BCUT2D eigenvalue weighted by atomic mass is 9.92. The Bertz CT molecular complexity index is 658. The van der Waals surface area contributed by atoms with Crippen molar-refractivity contribution in [1.82, 2.24) is 9.97 Å². The summed E-state index contributed by atoms with van der Waals surface area (Å²) in [6.45, 7) is 0.689. The standard InChI is InChI=1S/C17H21N3O2/c1-20(2)16-9-14(18-11-19-16)8-12-7-13-5-4-6-15(21-3)17(13)22-10-12/h4-6,9,11-12H,7-8,10H2,1-3H3. The highest BCUT2D eigenvalue weighted by Gasteiger charge is 2.23. The Balaban J connectivity index is 1.74. The van der Waals surface area contributed by atoms with E-state index in [0.717, 1.165) is 35.9 Å². The Kier molecular flexibility index (Phi) is 4.13. The molecule has 0 bridgehead atoms. The van der Waals surface area contributed by atoms with Crippen LogP contribution in [-0.4, -0.2) is 37.8 Å². The molecule has 0 amide bonds. The van der Waals surface area contributed by atoms with Crippen molar-refractivity contribution in [2.45, 2.75) is 12.8 Å². The lowest BCUT2D eigenvalue weighted by Crippen LogP contribution is -2.23. The van der Waals surface area contributed by atoms with E-state index in [1.165, 1.54) is 5.56 Å². The van der Waals surface area contributed by atoms with Crippen LogP contribution in [-0.2, 0) is 12.8 Å². The van der Waals surface area contributed by atoms with Crippen molar-refractivity contribution in [3.05, 3.63) is 41.9 Å². The van der Waals surface area contributed by atoms with Crippen LogP contribution in [0.2, 0.25) is 0 Å². The maximum Gasteiger partial charge on any atom is 0.164 e. The minimum atomic E-state index is 0.421. The molecule has 2 aromatic rings. The fourth-order valence-electron chi connectivity index (χ4n) is 2.79. The van der Waals surface area contributed by atoms with E-state index in [9.17, 15) is 0 Å². The summed E-state index contributed by atoms with van der Waals surface area (Å²) >= 11 is 0. The van der Waals surface area contributed by atoms with Gasteiger partial charge in [0.25, 0.3) is 0 Å². The molecular weight excluding hydrogens is 278 g/mol. The second-order valence-corrected chi connectivity index (χ2v) is 5.80. The van der Waals surface area contributed by atoms with Crippen LogP contribution >= 0.6 is 0 Å². The first-order valence-electron chi connectivity index (χ1n) is 7.44. The van der Waals surface area contributed by atoms with Crippen molar-refractivity contribution in [2.24, 2.45) is 5.92 Å². The van der Waals surface area contributed by atoms with Crippen molar-refractivity contribution in [1.29, 1.82) is 0 Å². The first-order valence-corrected chi connectivity index (χ1v) is 7.44. The summed E-state index contributed by atoms with van der Waals surface area (Å²) in [5, 5.41) is 0. The zero-order chi connectivity index (χ0) is 15.5. The van der Waals surface area contributed by atoms with Gasteiger partial charge in [-0.05, 0) is 24.5 Å². The molecule has 22 heavy (non-hydrogen) atoms. The number of anilines is 1. The van der Waals surface area contributed by atoms with E-state index >= 15 is 0 Å². The summed E-state index contributed by atoms with van der Waals surface area (Å²) in [5.41, 5.74) is 2.26. The monoisotopic (exact) mass is 299 g/mol. The van der Waals surface area contributed by atoms with E-state index in [2.05, 4.69) is 16.0 Å². The number of aromatic nitrogens is 2. The second kappa shape index (κ2) is 6.22. The Morgan fingerprint density at radius 3 is 2.95 bits per heavy atom. The van der Waals surface area contributed by atoms with E-state index < -0.39 is 0 Å². The molecule has 0 spiro atoms. The maximum atomic E-state index is 5.93. The summed E-state index contributed by atoms with van der Waals surface area (Å²) < 4.78 is 11.3. The average Bonchev–Trinajstić information content (AvgIpc) is 2.54.